The number of carbonyl (C=O) groups excluding carboxylic acids is 1. The largest absolute Gasteiger partial charge is 0.495 e. The molecular formula is C16H22N2O3. The topological polar surface area (TPSA) is 53.0 Å². The van der Waals surface area contributed by atoms with Crippen LogP contribution in [0.15, 0.2) is 18.2 Å². The van der Waals surface area contributed by atoms with Crippen LogP contribution in [0.5, 0.6) is 5.75 Å². The molecule has 1 N–H and O–H groups in total. The lowest BCUT2D eigenvalue weighted by atomic mass is 10.1. The van der Waals surface area contributed by atoms with Crippen molar-refractivity contribution in [3.63, 3.8) is 0 Å². The van der Waals surface area contributed by atoms with E-state index >= 15 is 0 Å². The minimum Gasteiger partial charge on any atom is -0.495 e. The minimum absolute atomic E-state index is 0.0634. The van der Waals surface area contributed by atoms with Crippen LogP contribution >= 0.6 is 0 Å². The number of nitrogens with zero attached hydrogens (tertiary/aromatic N) is 2. The predicted octanol–water partition coefficient (Wildman–Crippen LogP) is 0.673. The number of methoxy groups -OCH3 is 1. The van der Waals surface area contributed by atoms with Crippen LogP contribution in [-0.2, 0) is 0 Å². The molecule has 114 valence electrons. The molecule has 0 aromatic heterocycles. The fraction of sp³-hybridized carbons (Fsp3) is 0.438. The number of hydrogen-bond donors (Lipinski definition) is 1. The zero-order chi connectivity index (χ0) is 15.8. The van der Waals surface area contributed by atoms with Crippen molar-refractivity contribution in [2.24, 2.45) is 0 Å². The van der Waals surface area contributed by atoms with Crippen LogP contribution < -0.4 is 4.74 Å². The van der Waals surface area contributed by atoms with Crippen molar-refractivity contribution >= 4 is 5.91 Å². The van der Waals surface area contributed by atoms with Crippen LogP contribution in [0.4, 0.5) is 0 Å². The Labute approximate surface area is 126 Å². The van der Waals surface area contributed by atoms with E-state index in [-0.39, 0.29) is 12.5 Å². The first kappa shape index (κ1) is 17.0. The molecule has 0 bridgehead atoms. The van der Waals surface area contributed by atoms with Gasteiger partial charge in [-0.3, -0.25) is 4.79 Å². The van der Waals surface area contributed by atoms with Gasteiger partial charge in [-0.25, -0.2) is 0 Å². The summed E-state index contributed by atoms with van der Waals surface area (Å²) in [4.78, 5) is 16.0. The van der Waals surface area contributed by atoms with Crippen molar-refractivity contribution < 1.29 is 14.6 Å². The number of rotatable bonds is 5. The smallest absolute Gasteiger partial charge is 0.253 e. The highest BCUT2D eigenvalue weighted by Gasteiger charge is 2.13. The second-order valence-electron chi connectivity index (χ2n) is 4.90. The number of ether oxygens (including phenoxy) is 1. The average molecular weight is 290 g/mol. The van der Waals surface area contributed by atoms with Crippen molar-refractivity contribution in [3.05, 3.63) is 29.3 Å². The maximum atomic E-state index is 12.4. The Balaban J connectivity index is 2.94. The van der Waals surface area contributed by atoms with Crippen LogP contribution in [0.25, 0.3) is 0 Å². The van der Waals surface area contributed by atoms with Crippen LogP contribution in [0.2, 0.25) is 0 Å². The second-order valence-corrected chi connectivity index (χ2v) is 4.90. The standard InChI is InChI=1S/C16H22N2O3/c1-17(2)9-10-18(3)16(20)14-7-8-15(21-4)13(12-14)6-5-11-19/h7-8,12,19H,9-11H2,1-4H3. The molecule has 1 rings (SSSR count). The normalized spacial score (nSPS) is 10.0. The third-order valence-electron chi connectivity index (χ3n) is 2.98. The Morgan fingerprint density at radius 1 is 1.29 bits per heavy atom. The number of amides is 1. The fourth-order valence-electron chi connectivity index (χ4n) is 1.75. The third-order valence-corrected chi connectivity index (χ3v) is 2.98. The van der Waals surface area contributed by atoms with Gasteiger partial charge in [0, 0.05) is 25.7 Å². The maximum Gasteiger partial charge on any atom is 0.253 e. The van der Waals surface area contributed by atoms with Crippen LogP contribution in [0.1, 0.15) is 15.9 Å². The van der Waals surface area contributed by atoms with E-state index < -0.39 is 0 Å². The Bertz CT molecular complexity index is 544. The molecule has 0 heterocycles. The molecule has 1 amide bonds. The molecule has 0 aliphatic carbocycles. The van der Waals surface area contributed by atoms with Gasteiger partial charge in [0.2, 0.25) is 0 Å². The Morgan fingerprint density at radius 2 is 2.00 bits per heavy atom. The number of likely N-dealkylation sites (N-methyl/N-ethyl adjacent to an activating group) is 2. The molecule has 21 heavy (non-hydrogen) atoms. The third kappa shape index (κ3) is 5.10. The van der Waals surface area contributed by atoms with E-state index in [2.05, 4.69) is 11.8 Å². The van der Waals surface area contributed by atoms with Gasteiger partial charge < -0.3 is 19.6 Å². The van der Waals surface area contributed by atoms with Crippen LogP contribution in [-0.4, -0.2) is 68.8 Å². The predicted molar refractivity (Wildman–Crippen MR) is 82.5 cm³/mol. The van der Waals surface area contributed by atoms with Crippen molar-refractivity contribution in [2.75, 3.05) is 47.9 Å². The van der Waals surface area contributed by atoms with Gasteiger partial charge in [0.05, 0.1) is 12.7 Å². The quantitative estimate of drug-likeness (QED) is 0.810. The zero-order valence-electron chi connectivity index (χ0n) is 13.0. The van der Waals surface area contributed by atoms with Gasteiger partial charge in [-0.05, 0) is 32.3 Å². The van der Waals surface area contributed by atoms with E-state index in [0.717, 1.165) is 6.54 Å². The van der Waals surface area contributed by atoms with Crippen molar-refractivity contribution in [2.45, 2.75) is 0 Å². The van der Waals surface area contributed by atoms with E-state index in [9.17, 15) is 4.79 Å². The number of benzene rings is 1. The lowest BCUT2D eigenvalue weighted by molar-refractivity contribution is 0.0786. The Morgan fingerprint density at radius 3 is 2.57 bits per heavy atom. The number of aliphatic hydroxyl groups is 1. The van der Waals surface area contributed by atoms with E-state index in [4.69, 9.17) is 9.84 Å². The summed E-state index contributed by atoms with van der Waals surface area (Å²) in [5.74, 6) is 5.89. The van der Waals surface area contributed by atoms with E-state index in [1.54, 1.807) is 37.3 Å². The summed E-state index contributed by atoms with van der Waals surface area (Å²) in [6.07, 6.45) is 0. The van der Waals surface area contributed by atoms with E-state index in [1.165, 1.54) is 0 Å². The van der Waals surface area contributed by atoms with Gasteiger partial charge in [0.25, 0.3) is 5.91 Å². The Hall–Kier alpha value is -2.03. The number of carbonyl (C=O) groups is 1. The highest BCUT2D eigenvalue weighted by Crippen LogP contribution is 2.19. The molecule has 0 radical (unpaired) electrons. The summed E-state index contributed by atoms with van der Waals surface area (Å²) in [6.45, 7) is 1.22. The minimum atomic E-state index is -0.232. The van der Waals surface area contributed by atoms with Gasteiger partial charge in [-0.2, -0.15) is 0 Å². The van der Waals surface area contributed by atoms with Crippen LogP contribution in [0, 0.1) is 11.8 Å². The molecule has 0 unspecified atom stereocenters. The lowest BCUT2D eigenvalue weighted by Gasteiger charge is -2.20. The van der Waals surface area contributed by atoms with Crippen molar-refractivity contribution in [3.8, 4) is 17.6 Å². The highest BCUT2D eigenvalue weighted by molar-refractivity contribution is 5.94. The summed E-state index contributed by atoms with van der Waals surface area (Å²) in [6, 6.07) is 5.13. The first-order valence-electron chi connectivity index (χ1n) is 6.67. The first-order chi connectivity index (χ1) is 9.99. The maximum absolute atomic E-state index is 12.4. The average Bonchev–Trinajstić information content (AvgIpc) is 2.49. The fourth-order valence-corrected chi connectivity index (χ4v) is 1.75. The summed E-state index contributed by atoms with van der Waals surface area (Å²) in [7, 11) is 7.25. The summed E-state index contributed by atoms with van der Waals surface area (Å²) < 4.78 is 5.20. The molecule has 0 aliphatic rings. The van der Waals surface area contributed by atoms with Gasteiger partial charge in [0.1, 0.15) is 12.4 Å². The molecular weight excluding hydrogens is 268 g/mol. The van der Waals surface area contributed by atoms with E-state index in [0.29, 0.717) is 23.4 Å². The first-order valence-corrected chi connectivity index (χ1v) is 6.67. The highest BCUT2D eigenvalue weighted by atomic mass is 16.5. The molecule has 5 nitrogen and oxygen atoms in total. The molecule has 0 spiro atoms. The summed E-state index contributed by atoms with van der Waals surface area (Å²) in [5, 5.41) is 8.79. The number of aliphatic hydroxyl groups excluding tert-OH is 1. The number of hydrogen-bond acceptors (Lipinski definition) is 4. The lowest BCUT2D eigenvalue weighted by Crippen LogP contribution is -2.33. The molecule has 1 aromatic carbocycles. The summed E-state index contributed by atoms with van der Waals surface area (Å²) >= 11 is 0. The molecule has 1 aromatic rings. The molecule has 5 heteroatoms. The Kier molecular flexibility index (Phi) is 6.73. The van der Waals surface area contributed by atoms with Gasteiger partial charge in [-0.15, -0.1) is 0 Å². The monoisotopic (exact) mass is 290 g/mol. The SMILES string of the molecule is COc1ccc(C(=O)N(C)CCN(C)C)cc1C#CCO. The molecule has 0 aliphatic heterocycles. The second kappa shape index (κ2) is 8.30. The zero-order valence-corrected chi connectivity index (χ0v) is 13.0. The van der Waals surface area contributed by atoms with Gasteiger partial charge in [0.15, 0.2) is 0 Å². The van der Waals surface area contributed by atoms with Crippen molar-refractivity contribution in [1.82, 2.24) is 9.80 Å². The molecule has 0 saturated carbocycles. The van der Waals surface area contributed by atoms with E-state index in [1.807, 2.05) is 19.0 Å². The molecule has 0 atom stereocenters. The van der Waals surface area contributed by atoms with Crippen LogP contribution in [0.3, 0.4) is 0 Å². The molecule has 0 fully saturated rings. The summed E-state index contributed by atoms with van der Waals surface area (Å²) in [5.41, 5.74) is 1.15. The van der Waals surface area contributed by atoms with Crippen molar-refractivity contribution in [1.29, 1.82) is 0 Å². The van der Waals surface area contributed by atoms with Gasteiger partial charge >= 0.3 is 0 Å². The van der Waals surface area contributed by atoms with Gasteiger partial charge in [-0.1, -0.05) is 11.8 Å². The molecule has 0 saturated heterocycles.